The summed E-state index contributed by atoms with van der Waals surface area (Å²) in [6.45, 7) is -0.0971. The number of nitrogens with zero attached hydrogens (tertiary/aromatic N) is 1. The normalized spacial score (nSPS) is 22.2. The number of benzene rings is 1. The van der Waals surface area contributed by atoms with Gasteiger partial charge in [0.15, 0.2) is 6.23 Å². The van der Waals surface area contributed by atoms with Crippen LogP contribution in [0.1, 0.15) is 10.4 Å². The maximum absolute atomic E-state index is 11.8. The number of hydrogen-bond donors (Lipinski definition) is 3. The Labute approximate surface area is 126 Å². The van der Waals surface area contributed by atoms with Crippen molar-refractivity contribution in [2.45, 2.75) is 12.5 Å². The van der Waals surface area contributed by atoms with E-state index in [0.29, 0.717) is 10.6 Å². The molecule has 2 unspecified atom stereocenters. The van der Waals surface area contributed by atoms with Gasteiger partial charge < -0.3 is 25.2 Å². The van der Waals surface area contributed by atoms with Gasteiger partial charge in [-0.1, -0.05) is 11.6 Å². The Kier molecular flexibility index (Phi) is 5.13. The van der Waals surface area contributed by atoms with E-state index in [-0.39, 0.29) is 25.6 Å². The van der Waals surface area contributed by atoms with Crippen LogP contribution in [0, 0.1) is 0 Å². The van der Waals surface area contributed by atoms with Crippen molar-refractivity contribution in [3.8, 4) is 0 Å². The van der Waals surface area contributed by atoms with E-state index in [1.807, 2.05) is 0 Å². The predicted molar refractivity (Wildman–Crippen MR) is 73.5 cm³/mol. The molecule has 1 heterocycles. The molecule has 21 heavy (non-hydrogen) atoms. The SMILES string of the molecule is O=C(NCCN1C(=O)COC(O)C1O)c1ccc(Cl)cc1. The molecule has 0 bridgehead atoms. The summed E-state index contributed by atoms with van der Waals surface area (Å²) in [4.78, 5) is 24.4. The summed E-state index contributed by atoms with van der Waals surface area (Å²) >= 11 is 5.73. The third-order valence-corrected chi connectivity index (χ3v) is 3.27. The molecule has 114 valence electrons. The average molecular weight is 315 g/mol. The van der Waals surface area contributed by atoms with Crippen LogP contribution in [-0.4, -0.2) is 59.1 Å². The highest BCUT2D eigenvalue weighted by Gasteiger charge is 2.33. The van der Waals surface area contributed by atoms with E-state index in [1.54, 1.807) is 24.3 Å². The molecule has 7 nitrogen and oxygen atoms in total. The van der Waals surface area contributed by atoms with E-state index < -0.39 is 18.4 Å². The second-order valence-corrected chi connectivity index (χ2v) is 4.90. The predicted octanol–water partition coefficient (Wildman–Crippen LogP) is -0.435. The van der Waals surface area contributed by atoms with Gasteiger partial charge in [0.25, 0.3) is 11.8 Å². The molecule has 2 rings (SSSR count). The van der Waals surface area contributed by atoms with Gasteiger partial charge in [-0.2, -0.15) is 0 Å². The molecule has 0 aromatic heterocycles. The quantitative estimate of drug-likeness (QED) is 0.700. The zero-order valence-electron chi connectivity index (χ0n) is 11.0. The number of hydrogen-bond acceptors (Lipinski definition) is 5. The second-order valence-electron chi connectivity index (χ2n) is 4.47. The number of carbonyl (C=O) groups excluding carboxylic acids is 2. The lowest BCUT2D eigenvalue weighted by molar-refractivity contribution is -0.235. The minimum absolute atomic E-state index is 0.0692. The fourth-order valence-electron chi connectivity index (χ4n) is 1.88. The highest BCUT2D eigenvalue weighted by atomic mass is 35.5. The van der Waals surface area contributed by atoms with Gasteiger partial charge in [0.05, 0.1) is 0 Å². The van der Waals surface area contributed by atoms with Crippen LogP contribution in [0.5, 0.6) is 0 Å². The van der Waals surface area contributed by atoms with Crippen LogP contribution in [0.25, 0.3) is 0 Å². The number of halogens is 1. The molecule has 2 atom stereocenters. The van der Waals surface area contributed by atoms with E-state index in [1.165, 1.54) is 0 Å². The number of carbonyl (C=O) groups is 2. The number of aliphatic hydroxyl groups excluding tert-OH is 2. The molecule has 2 amide bonds. The summed E-state index contributed by atoms with van der Waals surface area (Å²) in [5, 5.41) is 22.1. The topological polar surface area (TPSA) is 99.1 Å². The Morgan fingerprint density at radius 2 is 2.05 bits per heavy atom. The molecule has 1 aromatic carbocycles. The first-order valence-electron chi connectivity index (χ1n) is 6.30. The molecule has 0 spiro atoms. The Morgan fingerprint density at radius 1 is 1.38 bits per heavy atom. The van der Waals surface area contributed by atoms with Crippen molar-refractivity contribution >= 4 is 23.4 Å². The molecule has 3 N–H and O–H groups in total. The maximum Gasteiger partial charge on any atom is 0.251 e. The highest BCUT2D eigenvalue weighted by Crippen LogP contribution is 2.11. The fourth-order valence-corrected chi connectivity index (χ4v) is 2.00. The lowest BCUT2D eigenvalue weighted by Crippen LogP contribution is -2.56. The first-order valence-corrected chi connectivity index (χ1v) is 6.68. The van der Waals surface area contributed by atoms with Crippen LogP contribution in [0.15, 0.2) is 24.3 Å². The van der Waals surface area contributed by atoms with Crippen molar-refractivity contribution < 1.29 is 24.5 Å². The largest absolute Gasteiger partial charge is 0.369 e. The minimum Gasteiger partial charge on any atom is -0.369 e. The van der Waals surface area contributed by atoms with Gasteiger partial charge in [-0.25, -0.2) is 0 Å². The monoisotopic (exact) mass is 314 g/mol. The van der Waals surface area contributed by atoms with Crippen molar-refractivity contribution in [3.05, 3.63) is 34.9 Å². The molecule has 0 aliphatic carbocycles. The van der Waals surface area contributed by atoms with Crippen LogP contribution in [0.3, 0.4) is 0 Å². The first kappa shape index (κ1) is 15.7. The van der Waals surface area contributed by atoms with Gasteiger partial charge in [0.2, 0.25) is 6.29 Å². The van der Waals surface area contributed by atoms with E-state index in [2.05, 4.69) is 10.1 Å². The van der Waals surface area contributed by atoms with Crippen LogP contribution >= 0.6 is 11.6 Å². The Morgan fingerprint density at radius 3 is 2.71 bits per heavy atom. The van der Waals surface area contributed by atoms with Gasteiger partial charge in [-0.15, -0.1) is 0 Å². The van der Waals surface area contributed by atoms with Gasteiger partial charge in [0.1, 0.15) is 6.61 Å². The molecule has 8 heteroatoms. The molecule has 0 radical (unpaired) electrons. The van der Waals surface area contributed by atoms with E-state index in [9.17, 15) is 19.8 Å². The highest BCUT2D eigenvalue weighted by molar-refractivity contribution is 6.30. The maximum atomic E-state index is 11.8. The zero-order valence-corrected chi connectivity index (χ0v) is 11.8. The minimum atomic E-state index is -1.44. The molecule has 1 aliphatic rings. The number of amides is 2. The molecule has 1 fully saturated rings. The second kappa shape index (κ2) is 6.86. The smallest absolute Gasteiger partial charge is 0.251 e. The van der Waals surface area contributed by atoms with Crippen molar-refractivity contribution in [1.82, 2.24) is 10.2 Å². The summed E-state index contributed by atoms with van der Waals surface area (Å²) in [5.74, 6) is -0.768. The summed E-state index contributed by atoms with van der Waals surface area (Å²) < 4.78 is 4.66. The van der Waals surface area contributed by atoms with Crippen molar-refractivity contribution in [1.29, 1.82) is 0 Å². The number of ether oxygens (including phenoxy) is 1. The molecule has 1 saturated heterocycles. The van der Waals surface area contributed by atoms with Gasteiger partial charge in [-0.05, 0) is 24.3 Å². The summed E-state index contributed by atoms with van der Waals surface area (Å²) in [6, 6.07) is 6.36. The van der Waals surface area contributed by atoms with E-state index >= 15 is 0 Å². The van der Waals surface area contributed by atoms with Crippen LogP contribution < -0.4 is 5.32 Å². The summed E-state index contributed by atoms with van der Waals surface area (Å²) in [6.07, 6.45) is -2.87. The average Bonchev–Trinajstić information content (AvgIpc) is 2.47. The van der Waals surface area contributed by atoms with E-state index in [4.69, 9.17) is 11.6 Å². The lowest BCUT2D eigenvalue weighted by Gasteiger charge is -2.35. The Hall–Kier alpha value is -1.67. The van der Waals surface area contributed by atoms with Crippen LogP contribution in [0.4, 0.5) is 0 Å². The Balaban J connectivity index is 1.84. The first-order chi connectivity index (χ1) is 9.99. The third kappa shape index (κ3) is 3.92. The standard InChI is InChI=1S/C13H15ClN2O5/c14-9-3-1-8(2-4-9)11(18)15-5-6-16-10(17)7-21-13(20)12(16)19/h1-4,12-13,19-20H,5-7H2,(H,15,18). The van der Waals surface area contributed by atoms with Crippen molar-refractivity contribution in [3.63, 3.8) is 0 Å². The molecule has 1 aliphatic heterocycles. The number of morpholine rings is 1. The van der Waals surface area contributed by atoms with Gasteiger partial charge in [0, 0.05) is 23.7 Å². The van der Waals surface area contributed by atoms with Crippen LogP contribution in [0.2, 0.25) is 5.02 Å². The van der Waals surface area contributed by atoms with Gasteiger partial charge in [-0.3, -0.25) is 9.59 Å². The zero-order chi connectivity index (χ0) is 15.4. The Bertz CT molecular complexity index is 522. The van der Waals surface area contributed by atoms with E-state index in [0.717, 1.165) is 4.90 Å². The molecular formula is C13H15ClN2O5. The molecule has 1 aromatic rings. The van der Waals surface area contributed by atoms with Gasteiger partial charge >= 0.3 is 0 Å². The van der Waals surface area contributed by atoms with Crippen LogP contribution in [-0.2, 0) is 9.53 Å². The van der Waals surface area contributed by atoms with Crippen molar-refractivity contribution in [2.75, 3.05) is 19.7 Å². The fraction of sp³-hybridized carbons (Fsp3) is 0.385. The number of aliphatic hydroxyl groups is 2. The summed E-state index contributed by atoms with van der Waals surface area (Å²) in [7, 11) is 0. The lowest BCUT2D eigenvalue weighted by atomic mass is 10.2. The molecule has 0 saturated carbocycles. The third-order valence-electron chi connectivity index (χ3n) is 3.02. The summed E-state index contributed by atoms with van der Waals surface area (Å²) in [5.41, 5.74) is 0.438. The number of nitrogens with one attached hydrogen (secondary N) is 1. The van der Waals surface area contributed by atoms with Crippen molar-refractivity contribution in [2.24, 2.45) is 0 Å². The number of rotatable bonds is 4. The molecular weight excluding hydrogens is 300 g/mol.